The number of hydrogen-bond acceptors (Lipinski definition) is 4. The van der Waals surface area contributed by atoms with Gasteiger partial charge in [-0.1, -0.05) is 27.2 Å². The first kappa shape index (κ1) is 17.5. The van der Waals surface area contributed by atoms with Crippen molar-refractivity contribution in [3.05, 3.63) is 41.1 Å². The van der Waals surface area contributed by atoms with Gasteiger partial charge in [0.2, 0.25) is 0 Å². The molecule has 134 valence electrons. The lowest BCUT2D eigenvalue weighted by molar-refractivity contribution is 0.0947. The van der Waals surface area contributed by atoms with Crippen LogP contribution in [-0.4, -0.2) is 21.8 Å². The average molecular weight is 342 g/mol. The van der Waals surface area contributed by atoms with Crippen LogP contribution in [0.25, 0.3) is 0 Å². The number of furan rings is 1. The van der Waals surface area contributed by atoms with E-state index in [1.54, 1.807) is 25.3 Å². The van der Waals surface area contributed by atoms with E-state index in [1.165, 1.54) is 0 Å². The molecule has 2 aromatic rings. The molecule has 0 saturated carbocycles. The van der Waals surface area contributed by atoms with E-state index in [0.717, 1.165) is 36.9 Å². The second-order valence-electron chi connectivity index (χ2n) is 7.43. The molecule has 0 aliphatic heterocycles. The Morgan fingerprint density at radius 1 is 1.52 bits per heavy atom. The third kappa shape index (κ3) is 3.52. The molecule has 0 radical (unpaired) electrons. The van der Waals surface area contributed by atoms with Gasteiger partial charge in [0.25, 0.3) is 5.91 Å². The zero-order valence-electron chi connectivity index (χ0n) is 15.3. The molecule has 2 aromatic heterocycles. The molecule has 0 saturated heterocycles. The molecule has 1 aliphatic carbocycles. The molecule has 1 aliphatic rings. The lowest BCUT2D eigenvalue weighted by atomic mass is 9.69. The zero-order chi connectivity index (χ0) is 18.0. The van der Waals surface area contributed by atoms with Crippen LogP contribution >= 0.6 is 0 Å². The first-order valence-electron chi connectivity index (χ1n) is 8.87. The molecule has 6 nitrogen and oxygen atoms in total. The molecule has 1 atom stereocenters. The smallest absolute Gasteiger partial charge is 0.292 e. The minimum Gasteiger partial charge on any atom is -0.463 e. The molecule has 2 N–H and O–H groups in total. The molecule has 2 heterocycles. The maximum Gasteiger partial charge on any atom is 0.292 e. The van der Waals surface area contributed by atoms with Gasteiger partial charge in [-0.25, -0.2) is 5.43 Å². The third-order valence-corrected chi connectivity index (χ3v) is 5.58. The number of H-pyrrole nitrogens is 1. The summed E-state index contributed by atoms with van der Waals surface area (Å²) in [6, 6.07) is 3.59. The number of hydrazone groups is 1. The molecule has 6 heteroatoms. The summed E-state index contributed by atoms with van der Waals surface area (Å²) >= 11 is 0. The van der Waals surface area contributed by atoms with Crippen LogP contribution < -0.4 is 5.43 Å². The van der Waals surface area contributed by atoms with E-state index < -0.39 is 0 Å². The topological polar surface area (TPSA) is 83.3 Å². The van der Waals surface area contributed by atoms with Gasteiger partial charge in [0.05, 0.1) is 6.26 Å². The van der Waals surface area contributed by atoms with Crippen molar-refractivity contribution in [2.45, 2.75) is 53.4 Å². The molecule has 0 fully saturated rings. The van der Waals surface area contributed by atoms with Gasteiger partial charge in [-0.2, -0.15) is 10.2 Å². The molecule has 0 unspecified atom stereocenters. The van der Waals surface area contributed by atoms with Crippen LogP contribution in [0.3, 0.4) is 0 Å². The molecule has 0 aromatic carbocycles. The fraction of sp³-hybridized carbons (Fsp3) is 0.526. The van der Waals surface area contributed by atoms with E-state index in [1.807, 2.05) is 0 Å². The summed E-state index contributed by atoms with van der Waals surface area (Å²) in [6.07, 6.45) is 5.66. The summed E-state index contributed by atoms with van der Waals surface area (Å²) in [5.74, 6) is 0.912. The number of nitrogens with zero attached hydrogens (tertiary/aromatic N) is 2. The van der Waals surface area contributed by atoms with Gasteiger partial charge < -0.3 is 4.42 Å². The average Bonchev–Trinajstić information content (AvgIpc) is 3.28. The van der Waals surface area contributed by atoms with Gasteiger partial charge in [0.1, 0.15) is 11.5 Å². The van der Waals surface area contributed by atoms with E-state index in [9.17, 15) is 4.79 Å². The minimum absolute atomic E-state index is 0.261. The van der Waals surface area contributed by atoms with Crippen LogP contribution in [0.2, 0.25) is 0 Å². The van der Waals surface area contributed by atoms with Gasteiger partial charge in [-0.15, -0.1) is 0 Å². The van der Waals surface area contributed by atoms with E-state index in [2.05, 4.69) is 41.5 Å². The number of nitrogens with one attached hydrogen (secondary N) is 2. The van der Waals surface area contributed by atoms with Crippen molar-refractivity contribution in [3.8, 4) is 0 Å². The Morgan fingerprint density at radius 3 is 3.00 bits per heavy atom. The fourth-order valence-electron chi connectivity index (χ4n) is 3.37. The number of carbonyl (C=O) groups excluding carboxylic acids is 1. The predicted octanol–water partition coefficient (Wildman–Crippen LogP) is 3.70. The Bertz CT molecular complexity index is 771. The first-order chi connectivity index (χ1) is 11.9. The SMILES string of the molecule is CCC(C)(C)[C@H]1CCc2[nH]nc(C(=O)N/N=C(/C)c3ccco3)c2C1. The Kier molecular flexibility index (Phi) is 4.79. The molecule has 3 rings (SSSR count). The van der Waals surface area contributed by atoms with Crippen molar-refractivity contribution in [1.82, 2.24) is 15.6 Å². The van der Waals surface area contributed by atoms with Crippen LogP contribution in [0.15, 0.2) is 27.9 Å². The predicted molar refractivity (Wildman–Crippen MR) is 96.6 cm³/mol. The minimum atomic E-state index is -0.279. The monoisotopic (exact) mass is 342 g/mol. The van der Waals surface area contributed by atoms with E-state index in [4.69, 9.17) is 4.42 Å². The lowest BCUT2D eigenvalue weighted by Crippen LogP contribution is -2.30. The number of carbonyl (C=O) groups is 1. The lowest BCUT2D eigenvalue weighted by Gasteiger charge is -2.36. The Balaban J connectivity index is 1.75. The van der Waals surface area contributed by atoms with Crippen molar-refractivity contribution in [2.24, 2.45) is 16.4 Å². The van der Waals surface area contributed by atoms with Crippen LogP contribution in [0, 0.1) is 11.3 Å². The van der Waals surface area contributed by atoms with E-state index in [-0.39, 0.29) is 11.3 Å². The quantitative estimate of drug-likeness (QED) is 0.642. The third-order valence-electron chi connectivity index (χ3n) is 5.58. The van der Waals surface area contributed by atoms with Crippen LogP contribution in [0.5, 0.6) is 0 Å². The second kappa shape index (κ2) is 6.86. The normalized spacial score (nSPS) is 18.1. The maximum absolute atomic E-state index is 12.5. The molecular formula is C19H26N4O2. The number of aryl methyl sites for hydroxylation is 1. The highest BCUT2D eigenvalue weighted by Gasteiger charge is 2.34. The molecule has 25 heavy (non-hydrogen) atoms. The maximum atomic E-state index is 12.5. The van der Waals surface area contributed by atoms with E-state index in [0.29, 0.717) is 23.1 Å². The summed E-state index contributed by atoms with van der Waals surface area (Å²) in [5, 5.41) is 11.4. The fourth-order valence-corrected chi connectivity index (χ4v) is 3.37. The molecule has 0 spiro atoms. The van der Waals surface area contributed by atoms with Gasteiger partial charge in [-0.3, -0.25) is 9.89 Å². The van der Waals surface area contributed by atoms with Crippen LogP contribution in [0.1, 0.15) is 68.0 Å². The summed E-state index contributed by atoms with van der Waals surface area (Å²) in [6.45, 7) is 8.63. The van der Waals surface area contributed by atoms with Crippen LogP contribution in [-0.2, 0) is 12.8 Å². The summed E-state index contributed by atoms with van der Waals surface area (Å²) in [7, 11) is 0. The van der Waals surface area contributed by atoms with Crippen molar-refractivity contribution in [3.63, 3.8) is 0 Å². The molecular weight excluding hydrogens is 316 g/mol. The van der Waals surface area contributed by atoms with Crippen molar-refractivity contribution in [1.29, 1.82) is 0 Å². The second-order valence-corrected chi connectivity index (χ2v) is 7.43. The number of rotatable bonds is 5. The number of hydrogen-bond donors (Lipinski definition) is 2. The Morgan fingerprint density at radius 2 is 2.32 bits per heavy atom. The van der Waals surface area contributed by atoms with Crippen molar-refractivity contribution < 1.29 is 9.21 Å². The Hall–Kier alpha value is -2.37. The number of fused-ring (bicyclic) bond motifs is 1. The summed E-state index contributed by atoms with van der Waals surface area (Å²) < 4.78 is 5.27. The van der Waals surface area contributed by atoms with E-state index >= 15 is 0 Å². The first-order valence-corrected chi connectivity index (χ1v) is 8.87. The van der Waals surface area contributed by atoms with Crippen molar-refractivity contribution in [2.75, 3.05) is 0 Å². The largest absolute Gasteiger partial charge is 0.463 e. The molecule has 0 bridgehead atoms. The highest BCUT2D eigenvalue weighted by molar-refractivity contribution is 5.99. The van der Waals surface area contributed by atoms with Gasteiger partial charge in [0, 0.05) is 11.3 Å². The highest BCUT2D eigenvalue weighted by Crippen LogP contribution is 2.40. The molecule has 1 amide bonds. The van der Waals surface area contributed by atoms with Gasteiger partial charge in [0.15, 0.2) is 5.69 Å². The number of aromatic nitrogens is 2. The number of aromatic amines is 1. The van der Waals surface area contributed by atoms with Crippen molar-refractivity contribution >= 4 is 11.6 Å². The van der Waals surface area contributed by atoms with Crippen LogP contribution in [0.4, 0.5) is 0 Å². The number of amides is 1. The Labute approximate surface area is 148 Å². The summed E-state index contributed by atoms with van der Waals surface area (Å²) in [4.78, 5) is 12.5. The van der Waals surface area contributed by atoms with Gasteiger partial charge >= 0.3 is 0 Å². The highest BCUT2D eigenvalue weighted by atomic mass is 16.3. The zero-order valence-corrected chi connectivity index (χ0v) is 15.3. The summed E-state index contributed by atoms with van der Waals surface area (Å²) in [5.41, 5.74) is 6.06. The van der Waals surface area contributed by atoms with Gasteiger partial charge in [-0.05, 0) is 49.7 Å². The standard InChI is InChI=1S/C19H26N4O2/c1-5-19(3,4)13-8-9-15-14(11-13)17(22-21-15)18(24)23-20-12(2)16-7-6-10-25-16/h6-7,10,13H,5,8-9,11H2,1-4H3,(H,21,22)(H,23,24)/b20-12-/t13-/m0/s1.